The zero-order valence-corrected chi connectivity index (χ0v) is 76.6. The van der Waals surface area contributed by atoms with Gasteiger partial charge in [0.15, 0.2) is 54.3 Å². The van der Waals surface area contributed by atoms with Crippen LogP contribution in [0.2, 0.25) is 0 Å². The fourth-order valence-electron chi connectivity index (χ4n) is 10.4. The predicted molar refractivity (Wildman–Crippen MR) is 486 cm³/mol. The Balaban J connectivity index is 0.000000200. The Morgan fingerprint density at radius 1 is 0.586 bits per heavy atom. The van der Waals surface area contributed by atoms with Gasteiger partial charge in [-0.3, -0.25) is 48.9 Å². The number of hydrogen-bond donors (Lipinski definition) is 8. The molecule has 0 fully saturated rings. The van der Waals surface area contributed by atoms with Crippen LogP contribution in [0.3, 0.4) is 0 Å². The van der Waals surface area contributed by atoms with Gasteiger partial charge in [-0.05, 0) is 234 Å². The number of aromatic nitrogens is 6. The third kappa shape index (κ3) is 30.1. The van der Waals surface area contributed by atoms with Crippen molar-refractivity contribution >= 4 is 158 Å². The van der Waals surface area contributed by atoms with Crippen LogP contribution < -0.4 is 60.9 Å². The molecule has 11 aromatic rings. The first kappa shape index (κ1) is 98.9. The highest BCUT2D eigenvalue weighted by Gasteiger charge is 2.24. The van der Waals surface area contributed by atoms with Crippen molar-refractivity contribution in [2.45, 2.75) is 73.4 Å². The molecule has 128 heavy (non-hydrogen) atoms. The molecule has 0 saturated carbocycles. The number of rotatable bonds is 31. The third-order valence-corrected chi connectivity index (χ3v) is 21.7. The number of tetrazole rings is 1. The number of carbonyl (C=O) groups is 5. The molecule has 0 unspecified atom stereocenters. The van der Waals surface area contributed by atoms with E-state index in [-0.39, 0.29) is 63.8 Å². The van der Waals surface area contributed by atoms with E-state index in [1.807, 2.05) is 74.8 Å². The van der Waals surface area contributed by atoms with Gasteiger partial charge in [0.05, 0.1) is 109 Å². The highest BCUT2D eigenvalue weighted by atomic mass is 79.9. The van der Waals surface area contributed by atoms with Crippen LogP contribution in [0.25, 0.3) is 0 Å². The number of hydrazone groups is 5. The molecule has 0 aliphatic carbocycles. The highest BCUT2D eigenvalue weighted by molar-refractivity contribution is 9.13. The Morgan fingerprint density at radius 3 is 1.79 bits per heavy atom. The van der Waals surface area contributed by atoms with E-state index < -0.39 is 51.7 Å². The lowest BCUT2D eigenvalue weighted by atomic mass is 10.1. The molecule has 0 atom stereocenters. The summed E-state index contributed by atoms with van der Waals surface area (Å²) >= 11 is 14.7. The number of furan rings is 2. The third-order valence-electron chi connectivity index (χ3n) is 16.6. The van der Waals surface area contributed by atoms with Gasteiger partial charge in [-0.15, -0.1) is 0 Å². The second-order valence-electron chi connectivity index (χ2n) is 26.0. The Bertz CT molecular complexity index is 5990. The van der Waals surface area contributed by atoms with E-state index in [0.29, 0.717) is 73.8 Å². The molecule has 4 aromatic heterocycles. The number of thioether (sulfide) groups is 1. The molecule has 46 heteroatoms. The number of hydrogen-bond acceptors (Lipinski definition) is 32. The molecule has 5 heterocycles. The number of phenolic OH excluding ortho intramolecular Hbond substituents is 2. The fourth-order valence-corrected chi connectivity index (χ4v) is 12.8. The minimum atomic E-state index is -0.794. The van der Waals surface area contributed by atoms with Crippen molar-refractivity contribution < 1.29 is 86.2 Å². The van der Waals surface area contributed by atoms with Gasteiger partial charge >= 0.3 is 17.3 Å². The summed E-state index contributed by atoms with van der Waals surface area (Å²) in [7, 11) is 3.15. The predicted octanol–water partition coefficient (Wildman–Crippen LogP) is 14.5. The molecule has 12 rings (SSSR count). The van der Waals surface area contributed by atoms with Crippen LogP contribution >= 0.6 is 75.5 Å². The van der Waals surface area contributed by atoms with E-state index >= 15 is 0 Å². The van der Waals surface area contributed by atoms with Crippen LogP contribution in [0.5, 0.6) is 46.0 Å². The topological polar surface area (TPSA) is 532 Å². The number of phenols is 2. The molecular formula is C82H80Br4N20O21S. The number of aromatic hydroxyl groups is 2. The first-order chi connectivity index (χ1) is 61.2. The lowest BCUT2D eigenvalue weighted by Gasteiger charge is -2.20. The molecule has 7 aromatic carbocycles. The van der Waals surface area contributed by atoms with E-state index in [2.05, 4.69) is 142 Å². The molecule has 41 nitrogen and oxygen atoms in total. The van der Waals surface area contributed by atoms with Gasteiger partial charge in [-0.25, -0.2) is 27.1 Å². The summed E-state index contributed by atoms with van der Waals surface area (Å²) in [6, 6.07) is 44.1. The smallest absolute Gasteiger partial charge is 0.504 e. The Morgan fingerprint density at radius 2 is 1.18 bits per heavy atom. The number of fused-ring (bicyclic) bond motifs is 1. The lowest BCUT2D eigenvalue weighted by molar-refractivity contribution is -0.394. The zero-order chi connectivity index (χ0) is 93.1. The number of nitrogens with one attached hydrogen (secondary N) is 6. The van der Waals surface area contributed by atoms with Gasteiger partial charge in [0.25, 0.3) is 29.5 Å². The average Bonchev–Trinajstić information content (AvgIpc) is 1.10. The molecular weight excluding hydrogens is 1950 g/mol. The van der Waals surface area contributed by atoms with E-state index in [0.717, 1.165) is 69.6 Å². The number of nitro benzene ring substituents is 2. The van der Waals surface area contributed by atoms with Crippen molar-refractivity contribution in [1.29, 1.82) is 0 Å². The molecule has 5 amide bonds. The molecule has 1 aliphatic heterocycles. The summed E-state index contributed by atoms with van der Waals surface area (Å²) in [4.78, 5) is 92.6. The highest BCUT2D eigenvalue weighted by Crippen LogP contribution is 2.42. The normalized spacial score (nSPS) is 11.6. The zero-order valence-electron chi connectivity index (χ0n) is 69.4. The minimum Gasteiger partial charge on any atom is -0.504 e. The van der Waals surface area contributed by atoms with Crippen molar-refractivity contribution in [1.82, 2.24) is 57.1 Å². The lowest BCUT2D eigenvalue weighted by Crippen LogP contribution is -2.26. The van der Waals surface area contributed by atoms with Gasteiger partial charge in [-0.1, -0.05) is 62.8 Å². The molecule has 0 saturated heterocycles. The maximum absolute atomic E-state index is 12.7. The van der Waals surface area contributed by atoms with Gasteiger partial charge < -0.3 is 62.9 Å². The Kier molecular flexibility index (Phi) is 38.1. The summed E-state index contributed by atoms with van der Waals surface area (Å²) in [5, 5.41) is 89.0. The average molecular weight is 2030 g/mol. The van der Waals surface area contributed by atoms with Gasteiger partial charge in [0.2, 0.25) is 0 Å². The standard InChI is InChI=1S/C24H24BrN5O2S.C16H13Br3N2O5.C15H15N3O5.C15H16N2O3.C12H12N8O6/c1-14-22(25)16(3)30(29-14)13-18-11-17(9-10-20(18)32-4)12-26-28-24(31)23-15(2)27-19-7-5-6-8-21(19)33-23;1-25-12-5-9(17)2-3-11(12)26-7-13(23)21-20-6-8-4-10(22)16(24)15(19)14(8)18;1-10-5-6-14(12(8-10)18(20)21)23-9-15(19)17-16-11(2)13-4-3-7-22-13;1-3-19-13-8-6-12(7-9-13)15(18)17-16-11(2)14-5-4-10-20-14;1-8(6-18-16-12(15-17-18)20(24)25)13-14-11(21)7-26-10-5-3-2-4-9(10)19(22)23/h5-12,27H,13H2,1-4H3,(H,28,31);2-6,22,24H,7H2,1H3,(H,21,23);3-8H,9H2,1-2H3,(H,17,19);4-10H,3H2,1-2H3,(H,17,18);2-5H,6-7H2,1H3,(H,14,21)/b26-12+;20-6+;16-11+;16-11-;13-8-. The van der Waals surface area contributed by atoms with E-state index in [9.17, 15) is 64.5 Å². The monoisotopic (exact) mass is 2030 g/mol. The van der Waals surface area contributed by atoms with Crippen molar-refractivity contribution in [2.24, 2.45) is 25.5 Å². The van der Waals surface area contributed by atoms with Crippen molar-refractivity contribution in [2.75, 3.05) is 46.0 Å². The Labute approximate surface area is 766 Å². The number of anilines is 1. The molecule has 0 radical (unpaired) electrons. The first-order valence-electron chi connectivity index (χ1n) is 37.3. The van der Waals surface area contributed by atoms with E-state index in [4.69, 9.17) is 37.3 Å². The number of halogens is 4. The number of methoxy groups -OCH3 is 2. The number of aryl methyl sites for hydroxylation is 2. The fraction of sp³-hybridized carbons (Fsp3) is 0.195. The SMILES string of the molecule is C/C(=N\NC(=O)COc1ccc(C)cc1[N+](=O)[O-])c1ccco1.C/C(Cn1nnc([N+](=O)[O-])n1)=N/NC(=O)COc1ccccc1[N+](=O)[O-].CCOc1ccc(C(=O)N/N=C(/C)c2ccco2)cc1.COc1cc(Br)ccc1OCC(=O)N/N=C/c1cc(O)c(O)c(Br)c1Br.COc1ccc(/C=N/NC(=O)C2=C(C)Nc3ccccc3S2)cc1Cn1nc(C)c(Br)c1C. The van der Waals surface area contributed by atoms with Crippen LogP contribution in [0.15, 0.2) is 238 Å². The molecule has 0 bridgehead atoms. The number of amides is 5. The summed E-state index contributed by atoms with van der Waals surface area (Å²) in [5.74, 6) is 0.0731. The number of nitrogens with zero attached hydrogens (tertiary/aromatic N) is 14. The number of ether oxygens (including phenoxy) is 6. The molecule has 8 N–H and O–H groups in total. The molecule has 1 aliphatic rings. The van der Waals surface area contributed by atoms with Crippen molar-refractivity contribution in [3.05, 3.63) is 280 Å². The largest absolute Gasteiger partial charge is 0.514 e. The summed E-state index contributed by atoms with van der Waals surface area (Å²) in [6.45, 7) is 14.4. The van der Waals surface area contributed by atoms with Crippen LogP contribution in [-0.2, 0) is 32.3 Å². The first-order valence-corrected chi connectivity index (χ1v) is 41.3. The van der Waals surface area contributed by atoms with Gasteiger partial charge in [0.1, 0.15) is 41.0 Å². The number of benzene rings is 7. The van der Waals surface area contributed by atoms with Crippen molar-refractivity contribution in [3.63, 3.8) is 0 Å². The van der Waals surface area contributed by atoms with Gasteiger partial charge in [0, 0.05) is 53.6 Å². The number of carbonyl (C=O) groups excluding carboxylic acids is 5. The van der Waals surface area contributed by atoms with Crippen LogP contribution in [0.1, 0.15) is 90.1 Å². The molecule has 0 spiro atoms. The summed E-state index contributed by atoms with van der Waals surface area (Å²) < 4.78 is 46.5. The summed E-state index contributed by atoms with van der Waals surface area (Å²) in [6.07, 6.45) is 5.99. The summed E-state index contributed by atoms with van der Waals surface area (Å²) in [5.41, 5.74) is 20.2. The quantitative estimate of drug-likeness (QED) is 0.00865. The number of allylic oxidation sites excluding steroid dienone is 1. The Hall–Kier alpha value is -14.5. The van der Waals surface area contributed by atoms with Crippen molar-refractivity contribution in [3.8, 4) is 46.0 Å². The second kappa shape index (κ2) is 49.3. The van der Waals surface area contributed by atoms with E-state index in [1.165, 1.54) is 80.7 Å². The van der Waals surface area contributed by atoms with Gasteiger partial charge in [-0.2, -0.15) is 30.6 Å². The maximum Gasteiger partial charge on any atom is 0.514 e. The van der Waals surface area contributed by atoms with Crippen LogP contribution in [0, 0.1) is 51.1 Å². The van der Waals surface area contributed by atoms with Crippen LogP contribution in [0.4, 0.5) is 23.0 Å². The number of nitro groups is 3. The van der Waals surface area contributed by atoms with Crippen LogP contribution in [-0.4, -0.2) is 155 Å². The van der Waals surface area contributed by atoms with E-state index in [1.54, 1.807) is 113 Å². The minimum absolute atomic E-state index is 0.0301. The number of para-hydroxylation sites is 3. The second-order valence-corrected chi connectivity index (χ2v) is 30.3. The molecule has 668 valence electrons. The maximum atomic E-state index is 12.7.